The average molecular weight is 167 g/mol. The number of hydrogen-bond acceptors (Lipinski definition) is 4. The van der Waals surface area contributed by atoms with Crippen LogP contribution in [0.4, 0.5) is 5.82 Å². The summed E-state index contributed by atoms with van der Waals surface area (Å²) in [5.74, 6) is 0.503. The number of pyridine rings is 1. The predicted molar refractivity (Wildman–Crippen MR) is 47.5 cm³/mol. The zero-order valence-corrected chi connectivity index (χ0v) is 7.03. The number of nitrogen functional groups attached to an aromatic ring is 1. The largest absolute Gasteiger partial charge is 0.384 e. The fourth-order valence-corrected chi connectivity index (χ4v) is 0.912. The Morgan fingerprint density at radius 2 is 2.33 bits per heavy atom. The summed E-state index contributed by atoms with van der Waals surface area (Å²) in [6.07, 6.45) is 1.67. The number of nitrogens with zero attached hydrogens (tertiary/aromatic N) is 1. The molecule has 0 saturated carbocycles. The molecule has 0 radical (unpaired) electrons. The second-order valence-electron chi connectivity index (χ2n) is 2.58. The monoisotopic (exact) mass is 167 g/mol. The van der Waals surface area contributed by atoms with Gasteiger partial charge in [-0.1, -0.05) is 6.07 Å². The highest BCUT2D eigenvalue weighted by atomic mass is 16.5. The molecule has 0 aromatic carbocycles. The Hall–Kier alpha value is -1.13. The maximum atomic E-state index is 5.75. The standard InChI is InChI=1S/C8H13N3O/c1-12-5-7(9)6-2-3-8(10)11-4-6/h2-4,7H,5,9H2,1H3,(H2,10,11)/t7-/m1/s1. The van der Waals surface area contributed by atoms with E-state index in [1.54, 1.807) is 19.4 Å². The molecule has 0 fully saturated rings. The van der Waals surface area contributed by atoms with Crippen LogP contribution in [-0.2, 0) is 4.74 Å². The number of ether oxygens (including phenoxy) is 1. The molecular weight excluding hydrogens is 154 g/mol. The minimum atomic E-state index is -0.122. The molecule has 0 spiro atoms. The van der Waals surface area contributed by atoms with Gasteiger partial charge >= 0.3 is 0 Å². The van der Waals surface area contributed by atoms with Crippen LogP contribution in [0.5, 0.6) is 0 Å². The minimum absolute atomic E-state index is 0.122. The maximum absolute atomic E-state index is 5.75. The van der Waals surface area contributed by atoms with E-state index in [2.05, 4.69) is 4.98 Å². The van der Waals surface area contributed by atoms with E-state index in [4.69, 9.17) is 16.2 Å². The van der Waals surface area contributed by atoms with Gasteiger partial charge in [0.1, 0.15) is 5.82 Å². The smallest absolute Gasteiger partial charge is 0.123 e. The van der Waals surface area contributed by atoms with Gasteiger partial charge in [0.2, 0.25) is 0 Å². The van der Waals surface area contributed by atoms with E-state index in [0.29, 0.717) is 12.4 Å². The second kappa shape index (κ2) is 4.04. The molecule has 1 rings (SSSR count). The molecule has 4 nitrogen and oxygen atoms in total. The van der Waals surface area contributed by atoms with Gasteiger partial charge in [-0.15, -0.1) is 0 Å². The van der Waals surface area contributed by atoms with Crippen molar-refractivity contribution >= 4 is 5.82 Å². The first-order chi connectivity index (χ1) is 5.74. The van der Waals surface area contributed by atoms with Gasteiger partial charge in [-0.2, -0.15) is 0 Å². The van der Waals surface area contributed by atoms with Crippen LogP contribution in [0.15, 0.2) is 18.3 Å². The Labute approximate surface area is 71.5 Å². The van der Waals surface area contributed by atoms with Crippen molar-refractivity contribution in [3.8, 4) is 0 Å². The molecule has 0 saturated heterocycles. The first kappa shape index (κ1) is 8.96. The lowest BCUT2D eigenvalue weighted by molar-refractivity contribution is 0.181. The lowest BCUT2D eigenvalue weighted by Crippen LogP contribution is -2.16. The van der Waals surface area contributed by atoms with E-state index in [-0.39, 0.29) is 6.04 Å². The van der Waals surface area contributed by atoms with E-state index >= 15 is 0 Å². The molecule has 0 amide bonds. The van der Waals surface area contributed by atoms with Crippen molar-refractivity contribution in [1.82, 2.24) is 4.98 Å². The van der Waals surface area contributed by atoms with Gasteiger partial charge in [0.25, 0.3) is 0 Å². The first-order valence-corrected chi connectivity index (χ1v) is 3.70. The van der Waals surface area contributed by atoms with Gasteiger partial charge in [-0.25, -0.2) is 4.98 Å². The molecular formula is C8H13N3O. The molecule has 12 heavy (non-hydrogen) atoms. The summed E-state index contributed by atoms with van der Waals surface area (Å²) in [5.41, 5.74) is 12.1. The van der Waals surface area contributed by atoms with Crippen LogP contribution < -0.4 is 11.5 Å². The van der Waals surface area contributed by atoms with E-state index < -0.39 is 0 Å². The van der Waals surface area contributed by atoms with Crippen molar-refractivity contribution in [2.45, 2.75) is 6.04 Å². The van der Waals surface area contributed by atoms with Crippen LogP contribution in [0, 0.1) is 0 Å². The van der Waals surface area contributed by atoms with Crippen molar-refractivity contribution in [2.24, 2.45) is 5.73 Å². The Morgan fingerprint density at radius 1 is 1.58 bits per heavy atom. The van der Waals surface area contributed by atoms with Crippen molar-refractivity contribution in [2.75, 3.05) is 19.5 Å². The summed E-state index contributed by atoms with van der Waals surface area (Å²) in [4.78, 5) is 3.92. The molecule has 0 aliphatic carbocycles. The van der Waals surface area contributed by atoms with Crippen LogP contribution in [-0.4, -0.2) is 18.7 Å². The SMILES string of the molecule is COC[C@@H](N)c1ccc(N)nc1. The van der Waals surface area contributed by atoms with Gasteiger partial charge in [0.05, 0.1) is 12.6 Å². The van der Waals surface area contributed by atoms with Crippen LogP contribution in [0.1, 0.15) is 11.6 Å². The van der Waals surface area contributed by atoms with Crippen LogP contribution in [0.2, 0.25) is 0 Å². The molecule has 1 aromatic heterocycles. The molecule has 1 heterocycles. The van der Waals surface area contributed by atoms with Crippen molar-refractivity contribution < 1.29 is 4.74 Å². The minimum Gasteiger partial charge on any atom is -0.384 e. The molecule has 66 valence electrons. The third-order valence-electron chi connectivity index (χ3n) is 1.58. The fraction of sp³-hybridized carbons (Fsp3) is 0.375. The topological polar surface area (TPSA) is 74.2 Å². The zero-order chi connectivity index (χ0) is 8.97. The van der Waals surface area contributed by atoms with Crippen LogP contribution >= 0.6 is 0 Å². The summed E-state index contributed by atoms with van der Waals surface area (Å²) >= 11 is 0. The van der Waals surface area contributed by atoms with Crippen molar-refractivity contribution in [3.05, 3.63) is 23.9 Å². The number of rotatable bonds is 3. The normalized spacial score (nSPS) is 12.8. The van der Waals surface area contributed by atoms with Gasteiger partial charge in [-0.05, 0) is 11.6 Å². The fourth-order valence-electron chi connectivity index (χ4n) is 0.912. The highest BCUT2D eigenvalue weighted by Crippen LogP contribution is 2.09. The van der Waals surface area contributed by atoms with Gasteiger partial charge in [0, 0.05) is 13.3 Å². The maximum Gasteiger partial charge on any atom is 0.123 e. The number of anilines is 1. The molecule has 4 heteroatoms. The summed E-state index contributed by atoms with van der Waals surface area (Å²) < 4.78 is 4.90. The quantitative estimate of drug-likeness (QED) is 0.679. The lowest BCUT2D eigenvalue weighted by Gasteiger charge is -2.09. The Morgan fingerprint density at radius 3 is 2.83 bits per heavy atom. The van der Waals surface area contributed by atoms with Crippen LogP contribution in [0.3, 0.4) is 0 Å². The van der Waals surface area contributed by atoms with Crippen LogP contribution in [0.25, 0.3) is 0 Å². The predicted octanol–water partition coefficient (Wildman–Crippen LogP) is 0.310. The van der Waals surface area contributed by atoms with Gasteiger partial charge in [0.15, 0.2) is 0 Å². The lowest BCUT2D eigenvalue weighted by atomic mass is 10.1. The third-order valence-corrected chi connectivity index (χ3v) is 1.58. The van der Waals surface area contributed by atoms with E-state index in [9.17, 15) is 0 Å². The molecule has 1 aromatic rings. The zero-order valence-electron chi connectivity index (χ0n) is 7.03. The third kappa shape index (κ3) is 2.18. The highest BCUT2D eigenvalue weighted by Gasteiger charge is 2.04. The Bertz CT molecular complexity index is 235. The molecule has 4 N–H and O–H groups in total. The van der Waals surface area contributed by atoms with E-state index in [1.807, 2.05) is 6.07 Å². The average Bonchev–Trinajstić information content (AvgIpc) is 2.06. The molecule has 1 atom stereocenters. The summed E-state index contributed by atoms with van der Waals surface area (Å²) in [7, 11) is 1.62. The van der Waals surface area contributed by atoms with E-state index in [0.717, 1.165) is 5.56 Å². The molecule has 0 aliphatic rings. The number of hydrogen-bond donors (Lipinski definition) is 2. The molecule has 0 aliphatic heterocycles. The summed E-state index contributed by atoms with van der Waals surface area (Å²) in [6, 6.07) is 3.46. The molecule has 0 unspecified atom stereocenters. The van der Waals surface area contributed by atoms with E-state index in [1.165, 1.54) is 0 Å². The van der Waals surface area contributed by atoms with Gasteiger partial charge in [-0.3, -0.25) is 0 Å². The summed E-state index contributed by atoms with van der Waals surface area (Å²) in [5, 5.41) is 0. The van der Waals surface area contributed by atoms with Gasteiger partial charge < -0.3 is 16.2 Å². The Balaban J connectivity index is 2.68. The Kier molecular flexibility index (Phi) is 3.01. The highest BCUT2D eigenvalue weighted by molar-refractivity contribution is 5.30. The number of nitrogens with two attached hydrogens (primary N) is 2. The number of aromatic nitrogens is 1. The number of methoxy groups -OCH3 is 1. The van der Waals surface area contributed by atoms with Crippen molar-refractivity contribution in [1.29, 1.82) is 0 Å². The molecule has 0 bridgehead atoms. The second-order valence-corrected chi connectivity index (χ2v) is 2.58. The van der Waals surface area contributed by atoms with Crippen molar-refractivity contribution in [3.63, 3.8) is 0 Å². The summed E-state index contributed by atoms with van der Waals surface area (Å²) in [6.45, 7) is 0.492. The first-order valence-electron chi connectivity index (χ1n) is 3.70.